The number of benzene rings is 1. The van der Waals surface area contributed by atoms with Gasteiger partial charge in [-0.05, 0) is 43.2 Å². The predicted molar refractivity (Wildman–Crippen MR) is 76.4 cm³/mol. The summed E-state index contributed by atoms with van der Waals surface area (Å²) in [5.41, 5.74) is 6.98. The Kier molecular flexibility index (Phi) is 3.96. The van der Waals surface area contributed by atoms with Gasteiger partial charge in [0.15, 0.2) is 11.6 Å². The van der Waals surface area contributed by atoms with Crippen LogP contribution in [0.3, 0.4) is 0 Å². The zero-order valence-electron chi connectivity index (χ0n) is 10.8. The number of hydrogen-bond acceptors (Lipinski definition) is 2. The topological polar surface area (TPSA) is 35.2 Å². The molecule has 0 saturated carbocycles. The number of halogens is 2. The molecule has 1 atom stereocenters. The molecule has 1 aromatic carbocycles. The lowest BCUT2D eigenvalue weighted by Gasteiger charge is -2.10. The molecule has 2 rings (SSSR count). The smallest absolute Gasteiger partial charge is 0.167 e. The highest BCUT2D eigenvalue weighted by atomic mass is 35.5. The van der Waals surface area contributed by atoms with Gasteiger partial charge in [-0.25, -0.2) is 4.39 Å². The zero-order valence-corrected chi connectivity index (χ0v) is 11.5. The van der Waals surface area contributed by atoms with Crippen molar-refractivity contribution >= 4 is 17.3 Å². The fourth-order valence-corrected chi connectivity index (χ4v) is 2.02. The van der Waals surface area contributed by atoms with Gasteiger partial charge in [-0.2, -0.15) is 0 Å². The van der Waals surface area contributed by atoms with Crippen LogP contribution in [-0.4, -0.2) is 0 Å². The van der Waals surface area contributed by atoms with Crippen LogP contribution in [0.5, 0.6) is 5.75 Å². The second kappa shape index (κ2) is 5.49. The summed E-state index contributed by atoms with van der Waals surface area (Å²) in [5.74, 6) is 0.341. The fourth-order valence-electron chi connectivity index (χ4n) is 1.74. The number of hydrogen-bond donors (Lipinski definition) is 1. The quantitative estimate of drug-likeness (QED) is 0.815. The van der Waals surface area contributed by atoms with Crippen LogP contribution in [0.4, 0.5) is 10.1 Å². The first-order chi connectivity index (χ1) is 8.95. The molecule has 0 spiro atoms. The first-order valence-corrected chi connectivity index (χ1v) is 6.33. The molecule has 0 aromatic heterocycles. The van der Waals surface area contributed by atoms with Crippen molar-refractivity contribution in [1.82, 2.24) is 0 Å². The van der Waals surface area contributed by atoms with Crippen molar-refractivity contribution in [3.63, 3.8) is 0 Å². The molecule has 0 saturated heterocycles. The van der Waals surface area contributed by atoms with Gasteiger partial charge in [-0.15, -0.1) is 0 Å². The van der Waals surface area contributed by atoms with Crippen LogP contribution in [0.25, 0.3) is 0 Å². The summed E-state index contributed by atoms with van der Waals surface area (Å²) < 4.78 is 19.2. The normalized spacial score (nSPS) is 19.2. The average molecular weight is 280 g/mol. The van der Waals surface area contributed by atoms with E-state index >= 15 is 0 Å². The summed E-state index contributed by atoms with van der Waals surface area (Å²) in [6.07, 6.45) is 5.44. The van der Waals surface area contributed by atoms with E-state index in [2.05, 4.69) is 0 Å². The minimum absolute atomic E-state index is 0.132. The Morgan fingerprint density at radius 3 is 2.74 bits per heavy atom. The van der Waals surface area contributed by atoms with Crippen molar-refractivity contribution in [3.8, 4) is 5.75 Å². The lowest BCUT2D eigenvalue weighted by atomic mass is 10.0. The molecule has 0 bridgehead atoms. The van der Waals surface area contributed by atoms with Crippen molar-refractivity contribution < 1.29 is 9.13 Å². The van der Waals surface area contributed by atoms with Crippen LogP contribution < -0.4 is 10.5 Å². The highest BCUT2D eigenvalue weighted by molar-refractivity contribution is 6.31. The second-order valence-electron chi connectivity index (χ2n) is 4.57. The van der Waals surface area contributed by atoms with Crippen molar-refractivity contribution in [2.75, 3.05) is 5.73 Å². The van der Waals surface area contributed by atoms with E-state index in [4.69, 9.17) is 22.1 Å². The summed E-state index contributed by atoms with van der Waals surface area (Å²) >= 11 is 6.06. The number of nitrogen functional groups attached to an aromatic ring is 1. The average Bonchev–Trinajstić information content (AvgIpc) is 2.42. The Hall–Kier alpha value is -1.74. The van der Waals surface area contributed by atoms with E-state index in [0.717, 1.165) is 5.57 Å². The van der Waals surface area contributed by atoms with E-state index in [1.54, 1.807) is 12.1 Å². The molecule has 2 nitrogen and oxygen atoms in total. The SMILES string of the molecule is CC1=CC(Cl)=CC(Oc2ccc(N)cc2F)=CC1C. The summed E-state index contributed by atoms with van der Waals surface area (Å²) in [6, 6.07) is 4.32. The van der Waals surface area contributed by atoms with Crippen LogP contribution in [-0.2, 0) is 0 Å². The zero-order chi connectivity index (χ0) is 14.0. The van der Waals surface area contributed by atoms with Crippen molar-refractivity contribution in [2.45, 2.75) is 13.8 Å². The Morgan fingerprint density at radius 2 is 2.05 bits per heavy atom. The second-order valence-corrected chi connectivity index (χ2v) is 5.00. The maximum Gasteiger partial charge on any atom is 0.167 e. The van der Waals surface area contributed by atoms with Gasteiger partial charge in [0.1, 0.15) is 5.76 Å². The molecule has 1 aliphatic rings. The highest BCUT2D eigenvalue weighted by Gasteiger charge is 2.12. The largest absolute Gasteiger partial charge is 0.455 e. The fraction of sp³-hybridized carbons (Fsp3) is 0.200. The molecule has 1 unspecified atom stereocenters. The van der Waals surface area contributed by atoms with Crippen LogP contribution >= 0.6 is 11.6 Å². The molecule has 4 heteroatoms. The Labute approximate surface area is 117 Å². The Morgan fingerprint density at radius 1 is 1.32 bits per heavy atom. The molecule has 2 N–H and O–H groups in total. The van der Waals surface area contributed by atoms with E-state index in [1.807, 2.05) is 26.0 Å². The molecule has 19 heavy (non-hydrogen) atoms. The summed E-state index contributed by atoms with van der Waals surface area (Å²) in [6.45, 7) is 4.02. The van der Waals surface area contributed by atoms with Gasteiger partial charge >= 0.3 is 0 Å². The lowest BCUT2D eigenvalue weighted by molar-refractivity contribution is 0.408. The molecule has 0 fully saturated rings. The first kappa shape index (κ1) is 13.7. The van der Waals surface area contributed by atoms with Crippen LogP contribution in [0.15, 0.2) is 52.8 Å². The molecule has 0 aliphatic heterocycles. The first-order valence-electron chi connectivity index (χ1n) is 5.96. The molecule has 1 aliphatic carbocycles. The van der Waals surface area contributed by atoms with Crippen molar-refractivity contribution in [2.24, 2.45) is 5.92 Å². The number of allylic oxidation sites excluding steroid dienone is 5. The molecule has 0 heterocycles. The van der Waals surface area contributed by atoms with Gasteiger partial charge in [0.25, 0.3) is 0 Å². The molecular weight excluding hydrogens is 265 g/mol. The van der Waals surface area contributed by atoms with Gasteiger partial charge in [0.05, 0.1) is 0 Å². The monoisotopic (exact) mass is 279 g/mol. The van der Waals surface area contributed by atoms with Gasteiger partial charge in [0, 0.05) is 16.8 Å². The Bertz CT molecular complexity index is 590. The van der Waals surface area contributed by atoms with E-state index in [0.29, 0.717) is 16.5 Å². The van der Waals surface area contributed by atoms with Gasteiger partial charge in [-0.3, -0.25) is 0 Å². The summed E-state index contributed by atoms with van der Waals surface area (Å²) in [7, 11) is 0. The maximum atomic E-state index is 13.7. The number of rotatable bonds is 2. The van der Waals surface area contributed by atoms with Crippen molar-refractivity contribution in [3.05, 3.63) is 58.6 Å². The summed E-state index contributed by atoms with van der Waals surface area (Å²) in [5, 5.41) is 0.559. The third kappa shape index (κ3) is 3.38. The van der Waals surface area contributed by atoms with E-state index in [-0.39, 0.29) is 11.7 Å². The Balaban J connectivity index is 2.28. The predicted octanol–water partition coefficient (Wildman–Crippen LogP) is 4.39. The third-order valence-electron chi connectivity index (χ3n) is 2.96. The van der Waals surface area contributed by atoms with Gasteiger partial charge in [0.2, 0.25) is 0 Å². The number of anilines is 1. The van der Waals surface area contributed by atoms with Crippen LogP contribution in [0.1, 0.15) is 13.8 Å². The lowest BCUT2D eigenvalue weighted by Crippen LogP contribution is -1.99. The number of nitrogens with two attached hydrogens (primary N) is 1. The van der Waals surface area contributed by atoms with E-state index in [1.165, 1.54) is 12.1 Å². The molecule has 0 amide bonds. The maximum absolute atomic E-state index is 13.7. The van der Waals surface area contributed by atoms with Gasteiger partial charge in [-0.1, -0.05) is 24.1 Å². The van der Waals surface area contributed by atoms with E-state index in [9.17, 15) is 4.39 Å². The summed E-state index contributed by atoms with van der Waals surface area (Å²) in [4.78, 5) is 0. The standard InChI is InChI=1S/C15H15ClFNO/c1-9-5-11(16)7-13(6-10(9)2)19-15-4-3-12(18)8-14(15)17/h3-8,10H,18H2,1-2H3. The molecule has 100 valence electrons. The van der Waals surface area contributed by atoms with E-state index < -0.39 is 5.82 Å². The molecular formula is C15H15ClFNO. The minimum atomic E-state index is -0.494. The minimum Gasteiger partial charge on any atom is -0.455 e. The van der Waals surface area contributed by atoms with Crippen LogP contribution in [0.2, 0.25) is 0 Å². The van der Waals surface area contributed by atoms with Gasteiger partial charge < -0.3 is 10.5 Å². The van der Waals surface area contributed by atoms with Crippen LogP contribution in [0, 0.1) is 11.7 Å². The van der Waals surface area contributed by atoms with Crippen molar-refractivity contribution in [1.29, 1.82) is 0 Å². The highest BCUT2D eigenvalue weighted by Crippen LogP contribution is 2.27. The number of ether oxygens (including phenoxy) is 1. The molecule has 1 aromatic rings. The molecule has 0 radical (unpaired) electrons. The third-order valence-corrected chi connectivity index (χ3v) is 3.18.